The minimum absolute atomic E-state index is 0.0696. The number of nitrogens with zero attached hydrogens (tertiary/aromatic N) is 1. The van der Waals surface area contributed by atoms with Gasteiger partial charge in [0.2, 0.25) is 5.91 Å². The van der Waals surface area contributed by atoms with E-state index in [0.29, 0.717) is 12.2 Å². The van der Waals surface area contributed by atoms with Gasteiger partial charge in [0.1, 0.15) is 0 Å². The van der Waals surface area contributed by atoms with Crippen LogP contribution in [0.25, 0.3) is 0 Å². The first-order chi connectivity index (χ1) is 11.5. The molecule has 6 heteroatoms. The average molecular weight is 332 g/mol. The van der Waals surface area contributed by atoms with E-state index in [9.17, 15) is 9.59 Å². The first-order valence-electron chi connectivity index (χ1n) is 8.64. The monoisotopic (exact) mass is 332 g/mol. The SMILES string of the molecule is CC(C)[C@@H](C(=O)NCc1cccc(NC(N)=O)c1)N1CCCCC1. The number of benzene rings is 1. The van der Waals surface area contributed by atoms with E-state index < -0.39 is 6.03 Å². The fourth-order valence-corrected chi connectivity index (χ4v) is 3.28. The van der Waals surface area contributed by atoms with Gasteiger partial charge in [-0.25, -0.2) is 4.79 Å². The number of hydrogen-bond donors (Lipinski definition) is 3. The topological polar surface area (TPSA) is 87.5 Å². The summed E-state index contributed by atoms with van der Waals surface area (Å²) in [6.07, 6.45) is 3.58. The lowest BCUT2D eigenvalue weighted by molar-refractivity contribution is -0.128. The first kappa shape index (κ1) is 18.3. The number of carbonyl (C=O) groups excluding carboxylic acids is 2. The number of hydrogen-bond acceptors (Lipinski definition) is 3. The van der Waals surface area contributed by atoms with Gasteiger partial charge in [0.15, 0.2) is 0 Å². The van der Waals surface area contributed by atoms with Crippen molar-refractivity contribution < 1.29 is 9.59 Å². The predicted octanol–water partition coefficient (Wildman–Crippen LogP) is 2.30. The Kier molecular flexibility index (Phi) is 6.61. The molecule has 0 aliphatic carbocycles. The summed E-state index contributed by atoms with van der Waals surface area (Å²) < 4.78 is 0. The minimum atomic E-state index is -0.596. The molecule has 3 amide bonds. The summed E-state index contributed by atoms with van der Waals surface area (Å²) in [4.78, 5) is 25.9. The Morgan fingerprint density at radius 1 is 1.21 bits per heavy atom. The molecule has 1 fully saturated rings. The molecule has 0 aromatic heterocycles. The second-order valence-corrected chi connectivity index (χ2v) is 6.69. The molecule has 6 nitrogen and oxygen atoms in total. The van der Waals surface area contributed by atoms with E-state index in [1.807, 2.05) is 18.2 Å². The molecule has 1 aliphatic heterocycles. The number of carbonyl (C=O) groups is 2. The van der Waals surface area contributed by atoms with Gasteiger partial charge < -0.3 is 16.4 Å². The van der Waals surface area contributed by atoms with Crippen LogP contribution < -0.4 is 16.4 Å². The van der Waals surface area contributed by atoms with Crippen molar-refractivity contribution in [3.05, 3.63) is 29.8 Å². The van der Waals surface area contributed by atoms with Gasteiger partial charge >= 0.3 is 6.03 Å². The van der Waals surface area contributed by atoms with Gasteiger partial charge in [0.05, 0.1) is 6.04 Å². The van der Waals surface area contributed by atoms with Crippen molar-refractivity contribution in [2.24, 2.45) is 11.7 Å². The lowest BCUT2D eigenvalue weighted by Gasteiger charge is -2.35. The van der Waals surface area contributed by atoms with Gasteiger partial charge in [0, 0.05) is 12.2 Å². The maximum absolute atomic E-state index is 12.7. The second kappa shape index (κ2) is 8.68. The van der Waals surface area contributed by atoms with Gasteiger partial charge in [-0.05, 0) is 49.5 Å². The molecule has 0 spiro atoms. The highest BCUT2D eigenvalue weighted by atomic mass is 16.2. The van der Waals surface area contributed by atoms with Crippen molar-refractivity contribution in [1.29, 1.82) is 0 Å². The fourth-order valence-electron chi connectivity index (χ4n) is 3.28. The highest BCUT2D eigenvalue weighted by Crippen LogP contribution is 2.18. The normalized spacial score (nSPS) is 16.6. The summed E-state index contributed by atoms with van der Waals surface area (Å²) in [7, 11) is 0. The average Bonchev–Trinajstić information content (AvgIpc) is 2.53. The Hall–Kier alpha value is -2.08. The third kappa shape index (κ3) is 5.23. The summed E-state index contributed by atoms with van der Waals surface area (Å²) in [5.41, 5.74) is 6.68. The summed E-state index contributed by atoms with van der Waals surface area (Å²) in [5.74, 6) is 0.339. The number of nitrogens with two attached hydrogens (primary N) is 1. The molecule has 0 unspecified atom stereocenters. The number of piperidine rings is 1. The van der Waals surface area contributed by atoms with Gasteiger partial charge in [-0.1, -0.05) is 32.4 Å². The number of amides is 3. The smallest absolute Gasteiger partial charge is 0.316 e. The molecule has 1 heterocycles. The van der Waals surface area contributed by atoms with Crippen LogP contribution in [0.1, 0.15) is 38.7 Å². The fraction of sp³-hybridized carbons (Fsp3) is 0.556. The maximum Gasteiger partial charge on any atom is 0.316 e. The van der Waals surface area contributed by atoms with E-state index in [1.54, 1.807) is 6.07 Å². The maximum atomic E-state index is 12.7. The Balaban J connectivity index is 1.96. The van der Waals surface area contributed by atoms with Crippen LogP contribution in [0.2, 0.25) is 0 Å². The molecule has 24 heavy (non-hydrogen) atoms. The zero-order valence-corrected chi connectivity index (χ0v) is 14.5. The molecule has 4 N–H and O–H groups in total. The molecule has 132 valence electrons. The third-order valence-electron chi connectivity index (χ3n) is 4.35. The van der Waals surface area contributed by atoms with Crippen molar-refractivity contribution in [2.75, 3.05) is 18.4 Å². The van der Waals surface area contributed by atoms with E-state index in [2.05, 4.69) is 29.4 Å². The minimum Gasteiger partial charge on any atom is -0.351 e. The zero-order valence-electron chi connectivity index (χ0n) is 14.5. The van der Waals surface area contributed by atoms with Crippen molar-refractivity contribution in [3.8, 4) is 0 Å². The van der Waals surface area contributed by atoms with E-state index in [-0.39, 0.29) is 17.9 Å². The van der Waals surface area contributed by atoms with E-state index in [4.69, 9.17) is 5.73 Å². The number of likely N-dealkylation sites (tertiary alicyclic amines) is 1. The van der Waals surface area contributed by atoms with Crippen LogP contribution in [0.4, 0.5) is 10.5 Å². The van der Waals surface area contributed by atoms with Gasteiger partial charge in [-0.15, -0.1) is 0 Å². The number of rotatable bonds is 6. The van der Waals surface area contributed by atoms with Crippen LogP contribution in [-0.2, 0) is 11.3 Å². The Bertz CT molecular complexity index is 568. The quantitative estimate of drug-likeness (QED) is 0.747. The molecule has 1 aromatic rings. The number of primary amides is 1. The third-order valence-corrected chi connectivity index (χ3v) is 4.35. The van der Waals surface area contributed by atoms with Crippen molar-refractivity contribution in [3.63, 3.8) is 0 Å². The lowest BCUT2D eigenvalue weighted by Crippen LogP contribution is -2.51. The molecular weight excluding hydrogens is 304 g/mol. The molecule has 1 aliphatic rings. The predicted molar refractivity (Wildman–Crippen MR) is 95.5 cm³/mol. The van der Waals surface area contributed by atoms with Crippen molar-refractivity contribution >= 4 is 17.6 Å². The molecule has 0 saturated carbocycles. The molecule has 0 radical (unpaired) electrons. The summed E-state index contributed by atoms with van der Waals surface area (Å²) in [6.45, 7) is 6.61. The highest BCUT2D eigenvalue weighted by Gasteiger charge is 2.29. The van der Waals surface area contributed by atoms with E-state index in [0.717, 1.165) is 31.5 Å². The van der Waals surface area contributed by atoms with Crippen LogP contribution in [0.3, 0.4) is 0 Å². The van der Waals surface area contributed by atoms with Crippen molar-refractivity contribution in [1.82, 2.24) is 10.2 Å². The highest BCUT2D eigenvalue weighted by molar-refractivity contribution is 5.87. The summed E-state index contributed by atoms with van der Waals surface area (Å²) >= 11 is 0. The van der Waals surface area contributed by atoms with Crippen LogP contribution in [0.15, 0.2) is 24.3 Å². The van der Waals surface area contributed by atoms with Crippen LogP contribution >= 0.6 is 0 Å². The first-order valence-corrected chi connectivity index (χ1v) is 8.64. The number of anilines is 1. The van der Waals surface area contributed by atoms with Crippen LogP contribution in [0, 0.1) is 5.92 Å². The Morgan fingerprint density at radius 2 is 1.92 bits per heavy atom. The standard InChI is InChI=1S/C18H28N4O2/c1-13(2)16(22-9-4-3-5-10-22)17(23)20-12-14-7-6-8-15(11-14)21-18(19)24/h6-8,11,13,16H,3-5,9-10,12H2,1-2H3,(H,20,23)(H3,19,21,24)/t16-/m0/s1. The molecule has 0 bridgehead atoms. The Labute approximate surface area is 143 Å². The molecule has 2 rings (SSSR count). The number of nitrogens with one attached hydrogen (secondary N) is 2. The summed E-state index contributed by atoms with van der Waals surface area (Å²) in [5, 5.41) is 5.58. The van der Waals surface area contributed by atoms with Gasteiger partial charge in [-0.2, -0.15) is 0 Å². The lowest BCUT2D eigenvalue weighted by atomic mass is 9.98. The second-order valence-electron chi connectivity index (χ2n) is 6.69. The van der Waals surface area contributed by atoms with Gasteiger partial charge in [0.25, 0.3) is 0 Å². The molecular formula is C18H28N4O2. The summed E-state index contributed by atoms with van der Waals surface area (Å²) in [6, 6.07) is 6.64. The van der Waals surface area contributed by atoms with Crippen LogP contribution in [-0.4, -0.2) is 36.0 Å². The molecule has 1 atom stereocenters. The molecule has 1 aromatic carbocycles. The Morgan fingerprint density at radius 3 is 2.54 bits per heavy atom. The van der Waals surface area contributed by atoms with E-state index in [1.165, 1.54) is 6.42 Å². The molecule has 1 saturated heterocycles. The van der Waals surface area contributed by atoms with Crippen LogP contribution in [0.5, 0.6) is 0 Å². The van der Waals surface area contributed by atoms with E-state index >= 15 is 0 Å². The van der Waals surface area contributed by atoms with Crippen molar-refractivity contribution in [2.45, 2.75) is 45.7 Å². The zero-order chi connectivity index (χ0) is 17.5. The largest absolute Gasteiger partial charge is 0.351 e. The number of urea groups is 1. The van der Waals surface area contributed by atoms with Gasteiger partial charge in [-0.3, -0.25) is 9.69 Å².